The van der Waals surface area contributed by atoms with Crippen LogP contribution in [-0.4, -0.2) is 23.2 Å². The lowest BCUT2D eigenvalue weighted by atomic mass is 9.84. The maximum atomic E-state index is 14.1. The monoisotopic (exact) mass is 475 g/mol. The quantitative estimate of drug-likeness (QED) is 0.322. The van der Waals surface area contributed by atoms with Crippen molar-refractivity contribution in [3.05, 3.63) is 125 Å². The van der Waals surface area contributed by atoms with Gasteiger partial charge in [-0.3, -0.25) is 4.90 Å². The second-order valence-electron chi connectivity index (χ2n) is 8.98. The van der Waals surface area contributed by atoms with E-state index >= 15 is 0 Å². The number of methoxy groups -OCH3 is 1. The Balaban J connectivity index is 1.45. The zero-order chi connectivity index (χ0) is 24.4. The standard InChI is InChI=1S/C29H27F2NO3/c1-34-26-12-8-20(9-13-26)18-32(25-10-11-25)19-27-14-15-28(35-27)29(33,21-4-2-6-23(30)16-21)22-5-3-7-24(31)17-22/h2-9,12-17,25,33H,10-11,18-19H2,1H3. The van der Waals surface area contributed by atoms with Crippen LogP contribution in [0.15, 0.2) is 89.3 Å². The van der Waals surface area contributed by atoms with Crippen LogP contribution in [0.4, 0.5) is 8.78 Å². The van der Waals surface area contributed by atoms with Crippen molar-refractivity contribution in [2.24, 2.45) is 0 Å². The zero-order valence-electron chi connectivity index (χ0n) is 19.5. The molecule has 1 heterocycles. The summed E-state index contributed by atoms with van der Waals surface area (Å²) in [4.78, 5) is 2.34. The molecule has 180 valence electrons. The average molecular weight is 476 g/mol. The molecule has 0 unspecified atom stereocenters. The van der Waals surface area contributed by atoms with Crippen LogP contribution in [0.2, 0.25) is 0 Å². The van der Waals surface area contributed by atoms with Crippen molar-refractivity contribution < 1.29 is 23.0 Å². The molecule has 4 nitrogen and oxygen atoms in total. The number of benzene rings is 3. The first-order valence-electron chi connectivity index (χ1n) is 11.7. The van der Waals surface area contributed by atoms with Gasteiger partial charge in [0.2, 0.25) is 0 Å². The van der Waals surface area contributed by atoms with E-state index in [9.17, 15) is 13.9 Å². The number of rotatable bonds is 9. The molecule has 0 saturated heterocycles. The summed E-state index contributed by atoms with van der Waals surface area (Å²) in [5.41, 5.74) is -0.147. The van der Waals surface area contributed by atoms with Gasteiger partial charge in [-0.15, -0.1) is 0 Å². The number of hydrogen-bond acceptors (Lipinski definition) is 4. The first-order valence-corrected chi connectivity index (χ1v) is 11.7. The van der Waals surface area contributed by atoms with Crippen LogP contribution in [0.1, 0.15) is 41.1 Å². The van der Waals surface area contributed by atoms with Gasteiger partial charge in [0.15, 0.2) is 5.60 Å². The summed E-state index contributed by atoms with van der Waals surface area (Å²) in [6.45, 7) is 1.31. The van der Waals surface area contributed by atoms with Gasteiger partial charge >= 0.3 is 0 Å². The van der Waals surface area contributed by atoms with Crippen molar-refractivity contribution in [3.8, 4) is 5.75 Å². The maximum Gasteiger partial charge on any atom is 0.173 e. The highest BCUT2D eigenvalue weighted by atomic mass is 19.1. The second-order valence-corrected chi connectivity index (χ2v) is 8.98. The largest absolute Gasteiger partial charge is 0.497 e. The number of furan rings is 1. The minimum absolute atomic E-state index is 0.212. The molecule has 1 fully saturated rings. The van der Waals surface area contributed by atoms with Crippen molar-refractivity contribution in [1.82, 2.24) is 4.90 Å². The van der Waals surface area contributed by atoms with E-state index in [0.717, 1.165) is 25.1 Å². The van der Waals surface area contributed by atoms with Crippen LogP contribution in [0.25, 0.3) is 0 Å². The maximum absolute atomic E-state index is 14.1. The predicted octanol–water partition coefficient (Wildman–Crippen LogP) is 6.02. The minimum atomic E-state index is -1.84. The normalized spacial score (nSPS) is 13.9. The molecule has 1 saturated carbocycles. The number of nitrogens with zero attached hydrogens (tertiary/aromatic N) is 1. The number of ether oxygens (including phenoxy) is 1. The molecule has 0 bridgehead atoms. The third-order valence-electron chi connectivity index (χ3n) is 6.47. The Morgan fingerprint density at radius 3 is 2.06 bits per heavy atom. The van der Waals surface area contributed by atoms with E-state index in [0.29, 0.717) is 18.3 Å². The number of hydrogen-bond donors (Lipinski definition) is 1. The molecular formula is C29H27F2NO3. The van der Waals surface area contributed by atoms with Crippen LogP contribution in [0, 0.1) is 11.6 Å². The van der Waals surface area contributed by atoms with Crippen molar-refractivity contribution in [2.75, 3.05) is 7.11 Å². The highest BCUT2D eigenvalue weighted by Gasteiger charge is 2.38. The third-order valence-corrected chi connectivity index (χ3v) is 6.47. The highest BCUT2D eigenvalue weighted by molar-refractivity contribution is 5.44. The third kappa shape index (κ3) is 4.99. The molecule has 5 rings (SSSR count). The predicted molar refractivity (Wildman–Crippen MR) is 129 cm³/mol. The fourth-order valence-electron chi connectivity index (χ4n) is 4.45. The summed E-state index contributed by atoms with van der Waals surface area (Å²) in [5.74, 6) is 0.707. The van der Waals surface area contributed by atoms with Gasteiger partial charge in [-0.05, 0) is 78.1 Å². The summed E-state index contributed by atoms with van der Waals surface area (Å²) in [6.07, 6.45) is 2.25. The van der Waals surface area contributed by atoms with Crippen molar-refractivity contribution in [2.45, 2.75) is 37.6 Å². The summed E-state index contributed by atoms with van der Waals surface area (Å²) in [5, 5.41) is 11.9. The summed E-state index contributed by atoms with van der Waals surface area (Å²) in [7, 11) is 1.65. The molecule has 6 heteroatoms. The van der Waals surface area contributed by atoms with Crippen LogP contribution in [0.5, 0.6) is 5.75 Å². The van der Waals surface area contributed by atoms with Crippen molar-refractivity contribution in [1.29, 1.82) is 0 Å². The van der Waals surface area contributed by atoms with E-state index in [1.807, 2.05) is 18.2 Å². The van der Waals surface area contributed by atoms with Crippen molar-refractivity contribution >= 4 is 0 Å². The van der Waals surface area contributed by atoms with E-state index in [4.69, 9.17) is 9.15 Å². The highest BCUT2D eigenvalue weighted by Crippen LogP contribution is 2.39. The van der Waals surface area contributed by atoms with Gasteiger partial charge in [-0.25, -0.2) is 8.78 Å². The summed E-state index contributed by atoms with van der Waals surface area (Å²) >= 11 is 0. The molecule has 35 heavy (non-hydrogen) atoms. The van der Waals surface area contributed by atoms with Crippen LogP contribution >= 0.6 is 0 Å². The van der Waals surface area contributed by atoms with Crippen molar-refractivity contribution in [3.63, 3.8) is 0 Å². The Hall–Kier alpha value is -3.48. The van der Waals surface area contributed by atoms with E-state index in [2.05, 4.69) is 17.0 Å². The Kier molecular flexibility index (Phi) is 6.41. The molecule has 1 aromatic heterocycles. The summed E-state index contributed by atoms with van der Waals surface area (Å²) in [6, 6.07) is 23.3. The molecule has 4 aromatic rings. The summed E-state index contributed by atoms with van der Waals surface area (Å²) < 4.78 is 39.6. The molecule has 1 N–H and O–H groups in total. The van der Waals surface area contributed by atoms with Gasteiger partial charge < -0.3 is 14.3 Å². The topological polar surface area (TPSA) is 45.8 Å². The van der Waals surface area contributed by atoms with Crippen LogP contribution in [0.3, 0.4) is 0 Å². The van der Waals surface area contributed by atoms with Gasteiger partial charge in [0.1, 0.15) is 28.9 Å². The van der Waals surface area contributed by atoms with E-state index in [-0.39, 0.29) is 16.9 Å². The molecule has 1 aliphatic rings. The minimum Gasteiger partial charge on any atom is -0.497 e. The van der Waals surface area contributed by atoms with Gasteiger partial charge in [0.25, 0.3) is 0 Å². The Morgan fingerprint density at radius 2 is 1.51 bits per heavy atom. The molecule has 1 aliphatic carbocycles. The van der Waals surface area contributed by atoms with E-state index in [1.165, 1.54) is 42.0 Å². The Bertz CT molecular complexity index is 1250. The first kappa shape index (κ1) is 23.3. The number of halogens is 2. The van der Waals surface area contributed by atoms with Gasteiger partial charge in [-0.1, -0.05) is 36.4 Å². The smallest absolute Gasteiger partial charge is 0.173 e. The molecule has 0 radical (unpaired) electrons. The molecule has 3 aromatic carbocycles. The second kappa shape index (κ2) is 9.64. The van der Waals surface area contributed by atoms with Crippen LogP contribution < -0.4 is 4.74 Å². The molecule has 0 spiro atoms. The molecule has 0 amide bonds. The van der Waals surface area contributed by atoms with Gasteiger partial charge in [0, 0.05) is 12.6 Å². The molecule has 0 aliphatic heterocycles. The lowest BCUT2D eigenvalue weighted by Gasteiger charge is -2.27. The Morgan fingerprint density at radius 1 is 0.886 bits per heavy atom. The number of aliphatic hydroxyl groups is 1. The fraction of sp³-hybridized carbons (Fsp3) is 0.241. The lowest BCUT2D eigenvalue weighted by molar-refractivity contribution is 0.0943. The Labute approximate surface area is 203 Å². The molecular weight excluding hydrogens is 448 g/mol. The van der Waals surface area contributed by atoms with Gasteiger partial charge in [-0.2, -0.15) is 0 Å². The van der Waals surface area contributed by atoms with E-state index in [1.54, 1.807) is 25.3 Å². The van der Waals surface area contributed by atoms with Crippen LogP contribution in [-0.2, 0) is 18.7 Å². The molecule has 0 atom stereocenters. The van der Waals surface area contributed by atoms with Gasteiger partial charge in [0.05, 0.1) is 13.7 Å². The first-order chi connectivity index (χ1) is 17.0. The lowest BCUT2D eigenvalue weighted by Crippen LogP contribution is -2.29. The van der Waals surface area contributed by atoms with E-state index < -0.39 is 17.2 Å². The SMILES string of the molecule is COc1ccc(CN(Cc2ccc(C(O)(c3cccc(F)c3)c3cccc(F)c3)o2)C2CC2)cc1. The zero-order valence-corrected chi connectivity index (χ0v) is 19.5. The average Bonchev–Trinajstić information content (AvgIpc) is 3.61. The fourth-order valence-corrected chi connectivity index (χ4v) is 4.45.